The molecule has 0 amide bonds. The van der Waals surface area contributed by atoms with Crippen LogP contribution < -0.4 is 0 Å². The predicted molar refractivity (Wildman–Crippen MR) is 37.3 cm³/mol. The van der Waals surface area contributed by atoms with Crippen LogP contribution in [0, 0.1) is 0 Å². The van der Waals surface area contributed by atoms with E-state index in [4.69, 9.17) is 14.2 Å². The number of hydrogen-bond donors (Lipinski definition) is 1. The third kappa shape index (κ3) is 4.79. The summed E-state index contributed by atoms with van der Waals surface area (Å²) in [6.07, 6.45) is -0.00296. The van der Waals surface area contributed by atoms with Crippen molar-refractivity contribution < 1.29 is 14.2 Å². The van der Waals surface area contributed by atoms with Gasteiger partial charge in [-0.25, -0.2) is 0 Å². The second-order valence-corrected chi connectivity index (χ2v) is 2.77. The van der Waals surface area contributed by atoms with Gasteiger partial charge in [0.2, 0.25) is 0 Å². The van der Waals surface area contributed by atoms with Gasteiger partial charge < -0.3 is 14.2 Å². The molecular weight excluding hydrogens is 139 g/mol. The normalized spacial score (nSPS) is 10.7. The van der Waals surface area contributed by atoms with E-state index in [0.29, 0.717) is 13.2 Å². The molecular formula is C5H13O3P. The van der Waals surface area contributed by atoms with Gasteiger partial charge in [0, 0.05) is 0 Å². The summed E-state index contributed by atoms with van der Waals surface area (Å²) in [4.78, 5) is 0. The molecule has 0 aromatic rings. The molecule has 0 aromatic carbocycles. The van der Waals surface area contributed by atoms with E-state index in [0.717, 1.165) is 0 Å². The molecule has 0 saturated heterocycles. The summed E-state index contributed by atoms with van der Waals surface area (Å²) in [5.74, 6) is 0. The maximum Gasteiger partial charge on any atom is 0.197 e. The summed E-state index contributed by atoms with van der Waals surface area (Å²) < 4.78 is 10.0. The summed E-state index contributed by atoms with van der Waals surface area (Å²) in [5, 5.41) is 8.57. The third-order valence-corrected chi connectivity index (χ3v) is 1.98. The lowest BCUT2D eigenvalue weighted by Gasteiger charge is -2.11. The Labute approximate surface area is 56.9 Å². The Hall–Kier alpha value is 0.310. The van der Waals surface area contributed by atoms with Crippen LogP contribution in [0.1, 0.15) is 13.8 Å². The zero-order chi connectivity index (χ0) is 7.11. The van der Waals surface area contributed by atoms with E-state index < -0.39 is 8.38 Å². The maximum atomic E-state index is 8.57. The first-order valence-electron chi connectivity index (χ1n) is 2.99. The molecule has 0 atom stereocenters. The van der Waals surface area contributed by atoms with Crippen LogP contribution in [0.5, 0.6) is 0 Å². The van der Waals surface area contributed by atoms with E-state index >= 15 is 0 Å². The largest absolute Gasteiger partial charge is 0.387 e. The van der Waals surface area contributed by atoms with Gasteiger partial charge in [-0.3, -0.25) is 0 Å². The molecule has 0 aliphatic rings. The van der Waals surface area contributed by atoms with Gasteiger partial charge in [0.05, 0.1) is 13.2 Å². The van der Waals surface area contributed by atoms with E-state index in [2.05, 4.69) is 0 Å². The Morgan fingerprint density at radius 3 is 1.89 bits per heavy atom. The fourth-order valence-electron chi connectivity index (χ4n) is 0.407. The second kappa shape index (κ2) is 6.43. The average molecular weight is 152 g/mol. The number of hydrogen-bond acceptors (Lipinski definition) is 3. The minimum absolute atomic E-state index is 0.00296. The molecule has 0 radical (unpaired) electrons. The van der Waals surface area contributed by atoms with E-state index in [1.165, 1.54) is 0 Å². The van der Waals surface area contributed by atoms with E-state index in [1.54, 1.807) is 0 Å². The van der Waals surface area contributed by atoms with Crippen LogP contribution in [0.3, 0.4) is 0 Å². The van der Waals surface area contributed by atoms with Gasteiger partial charge in [0.1, 0.15) is 6.35 Å². The zero-order valence-corrected chi connectivity index (χ0v) is 6.73. The summed E-state index contributed by atoms with van der Waals surface area (Å²) >= 11 is 0. The van der Waals surface area contributed by atoms with Crippen molar-refractivity contribution in [3.63, 3.8) is 0 Å². The smallest absolute Gasteiger partial charge is 0.197 e. The van der Waals surface area contributed by atoms with Crippen molar-refractivity contribution in [1.29, 1.82) is 0 Å². The highest BCUT2D eigenvalue weighted by atomic mass is 31.2. The van der Waals surface area contributed by atoms with Crippen LogP contribution in [0.4, 0.5) is 0 Å². The highest BCUT2D eigenvalue weighted by Gasteiger charge is 2.04. The first kappa shape index (κ1) is 9.31. The SMILES string of the molecule is CCOP(CO)OCC. The summed E-state index contributed by atoms with van der Waals surface area (Å²) in [7, 11) is -1.00. The minimum atomic E-state index is -1.00. The van der Waals surface area contributed by atoms with Crippen LogP contribution in [0.2, 0.25) is 0 Å². The Kier molecular flexibility index (Phi) is 6.65. The fraction of sp³-hybridized carbons (Fsp3) is 1.00. The number of aliphatic hydroxyl groups is 1. The standard InChI is InChI=1S/C5H13O3P/c1-3-7-9(5-6)8-4-2/h6H,3-5H2,1-2H3. The van der Waals surface area contributed by atoms with Gasteiger partial charge in [-0.1, -0.05) is 0 Å². The molecule has 0 fully saturated rings. The predicted octanol–water partition coefficient (Wildman–Crippen LogP) is 1.32. The Balaban J connectivity index is 3.18. The lowest BCUT2D eigenvalue weighted by Crippen LogP contribution is -1.93. The summed E-state index contributed by atoms with van der Waals surface area (Å²) in [6, 6.07) is 0. The summed E-state index contributed by atoms with van der Waals surface area (Å²) in [5.41, 5.74) is 0. The molecule has 3 nitrogen and oxygen atoms in total. The van der Waals surface area contributed by atoms with Gasteiger partial charge in [-0.2, -0.15) is 0 Å². The molecule has 1 N–H and O–H groups in total. The molecule has 0 unspecified atom stereocenters. The molecule has 0 saturated carbocycles. The van der Waals surface area contributed by atoms with Crippen molar-refractivity contribution in [2.24, 2.45) is 0 Å². The molecule has 0 aromatic heterocycles. The van der Waals surface area contributed by atoms with Crippen LogP contribution in [-0.4, -0.2) is 24.7 Å². The van der Waals surface area contributed by atoms with E-state index in [1.807, 2.05) is 13.8 Å². The molecule has 0 bridgehead atoms. The molecule has 0 spiro atoms. The molecule has 4 heteroatoms. The number of rotatable bonds is 5. The van der Waals surface area contributed by atoms with Crippen LogP contribution in [-0.2, 0) is 9.05 Å². The van der Waals surface area contributed by atoms with Gasteiger partial charge in [0.25, 0.3) is 0 Å². The highest BCUT2D eigenvalue weighted by Crippen LogP contribution is 2.35. The van der Waals surface area contributed by atoms with Gasteiger partial charge in [-0.05, 0) is 13.8 Å². The van der Waals surface area contributed by atoms with E-state index in [-0.39, 0.29) is 6.35 Å². The second-order valence-electron chi connectivity index (χ2n) is 1.31. The first-order chi connectivity index (χ1) is 4.35. The van der Waals surface area contributed by atoms with Crippen molar-refractivity contribution in [2.45, 2.75) is 13.8 Å². The van der Waals surface area contributed by atoms with Crippen molar-refractivity contribution in [2.75, 3.05) is 19.6 Å². The van der Waals surface area contributed by atoms with Crippen LogP contribution >= 0.6 is 8.38 Å². The lowest BCUT2D eigenvalue weighted by atomic mass is 10.9. The minimum Gasteiger partial charge on any atom is -0.387 e. The van der Waals surface area contributed by atoms with E-state index in [9.17, 15) is 0 Å². The first-order valence-corrected chi connectivity index (χ1v) is 4.35. The van der Waals surface area contributed by atoms with Crippen LogP contribution in [0.25, 0.3) is 0 Å². The highest BCUT2D eigenvalue weighted by molar-refractivity contribution is 7.46. The van der Waals surface area contributed by atoms with Gasteiger partial charge in [0.15, 0.2) is 8.38 Å². The quantitative estimate of drug-likeness (QED) is 0.604. The topological polar surface area (TPSA) is 38.7 Å². The van der Waals surface area contributed by atoms with Gasteiger partial charge >= 0.3 is 0 Å². The average Bonchev–Trinajstić information content (AvgIpc) is 1.88. The van der Waals surface area contributed by atoms with Gasteiger partial charge in [-0.15, -0.1) is 0 Å². The molecule has 0 aliphatic heterocycles. The monoisotopic (exact) mass is 152 g/mol. The third-order valence-electron chi connectivity index (χ3n) is 0.662. The van der Waals surface area contributed by atoms with Crippen molar-refractivity contribution in [3.8, 4) is 0 Å². The molecule has 0 rings (SSSR count). The molecule has 0 heterocycles. The van der Waals surface area contributed by atoms with Crippen LogP contribution in [0.15, 0.2) is 0 Å². The van der Waals surface area contributed by atoms with Crippen molar-refractivity contribution in [3.05, 3.63) is 0 Å². The summed E-state index contributed by atoms with van der Waals surface area (Å²) in [6.45, 7) is 4.96. The molecule has 56 valence electrons. The molecule has 9 heavy (non-hydrogen) atoms. The maximum absolute atomic E-state index is 8.57. The zero-order valence-electron chi connectivity index (χ0n) is 5.83. The molecule has 0 aliphatic carbocycles. The lowest BCUT2D eigenvalue weighted by molar-refractivity contribution is 0.237. The Bertz CT molecular complexity index is 54.2. The van der Waals surface area contributed by atoms with Crippen molar-refractivity contribution in [1.82, 2.24) is 0 Å². The fourth-order valence-corrected chi connectivity index (χ4v) is 1.22. The number of aliphatic hydroxyl groups excluding tert-OH is 1. The Morgan fingerprint density at radius 2 is 1.67 bits per heavy atom. The Morgan fingerprint density at radius 1 is 1.22 bits per heavy atom. The van der Waals surface area contributed by atoms with Crippen molar-refractivity contribution >= 4 is 8.38 Å².